The third-order valence-corrected chi connectivity index (χ3v) is 5.55. The van der Waals surface area contributed by atoms with Crippen molar-refractivity contribution in [2.75, 3.05) is 16.8 Å². The summed E-state index contributed by atoms with van der Waals surface area (Å²) in [5.74, 6) is 0.135. The number of hydrogen-bond donors (Lipinski definition) is 1. The summed E-state index contributed by atoms with van der Waals surface area (Å²) in [6.07, 6.45) is 5.71. The lowest BCUT2D eigenvalue weighted by Crippen LogP contribution is -2.29. The molecule has 0 bridgehead atoms. The van der Waals surface area contributed by atoms with Crippen LogP contribution in [-0.2, 0) is 9.59 Å². The molecule has 1 N–H and O–H groups in total. The van der Waals surface area contributed by atoms with E-state index < -0.39 is 5.92 Å². The minimum Gasteiger partial charge on any atom is -0.323 e. The fraction of sp³-hybridized carbons (Fsp3) is 0.318. The number of rotatable bonds is 6. The van der Waals surface area contributed by atoms with Gasteiger partial charge < -0.3 is 10.2 Å². The highest BCUT2D eigenvalue weighted by Crippen LogP contribution is 2.33. The second kappa shape index (κ2) is 8.44. The molecule has 1 aromatic carbocycles. The van der Waals surface area contributed by atoms with Gasteiger partial charge in [-0.15, -0.1) is 0 Å². The number of benzene rings is 1. The van der Waals surface area contributed by atoms with Gasteiger partial charge in [0, 0.05) is 24.8 Å². The van der Waals surface area contributed by atoms with Crippen LogP contribution in [0.15, 0.2) is 55.2 Å². The van der Waals surface area contributed by atoms with Crippen LogP contribution in [-0.4, -0.2) is 38.1 Å². The van der Waals surface area contributed by atoms with E-state index >= 15 is 0 Å². The molecule has 8 nitrogen and oxygen atoms in total. The molecule has 3 aromatic rings. The molecule has 1 aliphatic rings. The molecule has 4 rings (SSSR count). The number of aromatic nitrogens is 4. The van der Waals surface area contributed by atoms with Gasteiger partial charge in [0.15, 0.2) is 5.82 Å². The summed E-state index contributed by atoms with van der Waals surface area (Å²) in [5.41, 5.74) is 2.56. The topological polar surface area (TPSA) is 93.0 Å². The van der Waals surface area contributed by atoms with Gasteiger partial charge in [-0.1, -0.05) is 32.0 Å². The van der Waals surface area contributed by atoms with Gasteiger partial charge in [0.05, 0.1) is 11.6 Å². The van der Waals surface area contributed by atoms with E-state index in [2.05, 4.69) is 40.3 Å². The van der Waals surface area contributed by atoms with Crippen molar-refractivity contribution in [3.8, 4) is 5.82 Å². The minimum absolute atomic E-state index is 0.0337. The number of anilines is 2. The van der Waals surface area contributed by atoms with Crippen LogP contribution in [0.4, 0.5) is 11.4 Å². The van der Waals surface area contributed by atoms with Crippen LogP contribution in [0, 0.1) is 5.92 Å². The van der Waals surface area contributed by atoms with Crippen LogP contribution < -0.4 is 10.2 Å². The number of pyridine rings is 1. The van der Waals surface area contributed by atoms with E-state index in [9.17, 15) is 9.59 Å². The molecule has 2 unspecified atom stereocenters. The molecule has 0 aliphatic carbocycles. The number of para-hydroxylation sites is 1. The van der Waals surface area contributed by atoms with Crippen molar-refractivity contribution in [1.82, 2.24) is 19.7 Å². The van der Waals surface area contributed by atoms with E-state index in [1.54, 1.807) is 23.2 Å². The highest BCUT2D eigenvalue weighted by molar-refractivity contribution is 6.04. The van der Waals surface area contributed by atoms with Gasteiger partial charge in [0.2, 0.25) is 11.8 Å². The van der Waals surface area contributed by atoms with Crippen LogP contribution in [0.2, 0.25) is 0 Å². The Hall–Kier alpha value is -3.55. The average molecular weight is 404 g/mol. The lowest BCUT2D eigenvalue weighted by Gasteiger charge is -2.23. The van der Waals surface area contributed by atoms with Crippen molar-refractivity contribution in [1.29, 1.82) is 0 Å². The molecule has 1 fully saturated rings. The van der Waals surface area contributed by atoms with Gasteiger partial charge in [0.25, 0.3) is 0 Å². The van der Waals surface area contributed by atoms with E-state index in [0.29, 0.717) is 24.0 Å². The highest BCUT2D eigenvalue weighted by Gasteiger charge is 2.36. The summed E-state index contributed by atoms with van der Waals surface area (Å²) in [6.45, 7) is 4.64. The standard InChI is InChI=1S/C22H24N6O2/c1-3-15(2)17-7-4-5-9-19(17)27-12-16(11-20(27)29)22(30)26-18-8-6-10-24-21(18)28-14-23-13-25-28/h4-10,13-16H,3,11-12H2,1-2H3,(H,26,30). The molecular weight excluding hydrogens is 380 g/mol. The van der Waals surface area contributed by atoms with Crippen LogP contribution in [0.25, 0.3) is 5.82 Å². The van der Waals surface area contributed by atoms with Crippen LogP contribution in [0.1, 0.15) is 38.2 Å². The van der Waals surface area contributed by atoms with Gasteiger partial charge in [0.1, 0.15) is 12.7 Å². The van der Waals surface area contributed by atoms with Crippen LogP contribution >= 0.6 is 0 Å². The zero-order valence-electron chi connectivity index (χ0n) is 17.0. The van der Waals surface area contributed by atoms with Crippen molar-refractivity contribution in [3.63, 3.8) is 0 Å². The van der Waals surface area contributed by atoms with Crippen molar-refractivity contribution in [2.24, 2.45) is 5.92 Å². The average Bonchev–Trinajstić information content (AvgIpc) is 3.43. The quantitative estimate of drug-likeness (QED) is 0.681. The van der Waals surface area contributed by atoms with Crippen LogP contribution in [0.3, 0.4) is 0 Å². The Morgan fingerprint density at radius 3 is 2.87 bits per heavy atom. The van der Waals surface area contributed by atoms with Crippen LogP contribution in [0.5, 0.6) is 0 Å². The lowest BCUT2D eigenvalue weighted by atomic mass is 9.96. The number of amides is 2. The van der Waals surface area contributed by atoms with Gasteiger partial charge in [-0.3, -0.25) is 9.59 Å². The predicted octanol–water partition coefficient (Wildman–Crippen LogP) is 3.17. The first kappa shape index (κ1) is 19.8. The number of nitrogens with zero attached hydrogens (tertiary/aromatic N) is 5. The normalized spacial score (nSPS) is 17.2. The molecule has 8 heteroatoms. The number of nitrogens with one attached hydrogen (secondary N) is 1. The van der Waals surface area contributed by atoms with E-state index in [-0.39, 0.29) is 18.2 Å². The van der Waals surface area contributed by atoms with Gasteiger partial charge in [-0.05, 0) is 36.1 Å². The first-order valence-corrected chi connectivity index (χ1v) is 10.1. The summed E-state index contributed by atoms with van der Waals surface area (Å²) in [4.78, 5) is 35.7. The third-order valence-electron chi connectivity index (χ3n) is 5.55. The van der Waals surface area contributed by atoms with Gasteiger partial charge in [-0.25, -0.2) is 14.6 Å². The van der Waals surface area contributed by atoms with Crippen molar-refractivity contribution >= 4 is 23.2 Å². The Morgan fingerprint density at radius 2 is 2.10 bits per heavy atom. The second-order valence-electron chi connectivity index (χ2n) is 7.48. The Labute approximate surface area is 175 Å². The Bertz CT molecular complexity index is 1050. The largest absolute Gasteiger partial charge is 0.323 e. The number of carbonyl (C=O) groups excluding carboxylic acids is 2. The van der Waals surface area contributed by atoms with Crippen molar-refractivity contribution in [2.45, 2.75) is 32.6 Å². The van der Waals surface area contributed by atoms with Crippen molar-refractivity contribution in [3.05, 3.63) is 60.8 Å². The fourth-order valence-corrected chi connectivity index (χ4v) is 3.72. The summed E-state index contributed by atoms with van der Waals surface area (Å²) in [7, 11) is 0. The molecule has 1 saturated heterocycles. The van der Waals surface area contributed by atoms with E-state index in [1.807, 2.05) is 18.2 Å². The summed E-state index contributed by atoms with van der Waals surface area (Å²) < 4.78 is 1.49. The van der Waals surface area contributed by atoms with E-state index in [4.69, 9.17) is 0 Å². The zero-order chi connectivity index (χ0) is 21.1. The maximum atomic E-state index is 13.0. The SMILES string of the molecule is CCC(C)c1ccccc1N1CC(C(=O)Nc2cccnc2-n2cncn2)CC1=O. The van der Waals surface area contributed by atoms with Gasteiger partial charge in [-0.2, -0.15) is 5.10 Å². The molecule has 0 spiro atoms. The number of carbonyl (C=O) groups is 2. The van der Waals surface area contributed by atoms with E-state index in [0.717, 1.165) is 17.7 Å². The molecule has 2 atom stereocenters. The zero-order valence-corrected chi connectivity index (χ0v) is 17.0. The molecule has 2 aromatic heterocycles. The van der Waals surface area contributed by atoms with Gasteiger partial charge >= 0.3 is 0 Å². The molecule has 2 amide bonds. The molecule has 3 heterocycles. The summed E-state index contributed by atoms with van der Waals surface area (Å²) in [5, 5.41) is 6.99. The maximum absolute atomic E-state index is 13.0. The fourth-order valence-electron chi connectivity index (χ4n) is 3.72. The summed E-state index contributed by atoms with van der Waals surface area (Å²) >= 11 is 0. The first-order chi connectivity index (χ1) is 14.6. The molecular formula is C22H24N6O2. The molecule has 0 saturated carbocycles. The predicted molar refractivity (Wildman–Crippen MR) is 113 cm³/mol. The van der Waals surface area contributed by atoms with Crippen molar-refractivity contribution < 1.29 is 9.59 Å². The molecule has 154 valence electrons. The Morgan fingerprint density at radius 1 is 1.27 bits per heavy atom. The number of hydrogen-bond acceptors (Lipinski definition) is 5. The summed E-state index contributed by atoms with van der Waals surface area (Å²) in [6, 6.07) is 11.4. The minimum atomic E-state index is -0.439. The molecule has 0 radical (unpaired) electrons. The third kappa shape index (κ3) is 3.80. The molecule has 1 aliphatic heterocycles. The lowest BCUT2D eigenvalue weighted by molar-refractivity contribution is -0.122. The highest BCUT2D eigenvalue weighted by atomic mass is 16.2. The maximum Gasteiger partial charge on any atom is 0.229 e. The Kier molecular flexibility index (Phi) is 5.56. The monoisotopic (exact) mass is 404 g/mol. The van der Waals surface area contributed by atoms with E-state index in [1.165, 1.54) is 17.3 Å². The Balaban J connectivity index is 1.53. The second-order valence-corrected chi connectivity index (χ2v) is 7.48. The molecule has 30 heavy (non-hydrogen) atoms. The first-order valence-electron chi connectivity index (χ1n) is 10.1. The smallest absolute Gasteiger partial charge is 0.229 e.